The minimum Gasteiger partial charge on any atom is -0.381 e. The molecule has 6 heteroatoms. The molecule has 0 aliphatic carbocycles. The first-order valence-electron chi connectivity index (χ1n) is 9.70. The van der Waals surface area contributed by atoms with Crippen LogP contribution < -0.4 is 10.6 Å². The van der Waals surface area contributed by atoms with Gasteiger partial charge in [-0.15, -0.1) is 0 Å². The van der Waals surface area contributed by atoms with E-state index in [0.29, 0.717) is 5.92 Å². The Kier molecular flexibility index (Phi) is 8.96. The van der Waals surface area contributed by atoms with Crippen molar-refractivity contribution in [2.75, 3.05) is 32.8 Å². The van der Waals surface area contributed by atoms with Crippen LogP contribution in [-0.4, -0.2) is 48.4 Å². The van der Waals surface area contributed by atoms with Gasteiger partial charge in [-0.25, -0.2) is 4.98 Å². The summed E-state index contributed by atoms with van der Waals surface area (Å²) in [6.45, 7) is 11.5. The SMILES string of the molecule is CCNC(=NCCCn1cnc2ccccc21)NCCCOCC(C)C. The van der Waals surface area contributed by atoms with Crippen molar-refractivity contribution in [2.24, 2.45) is 10.9 Å². The van der Waals surface area contributed by atoms with E-state index in [4.69, 9.17) is 4.74 Å². The predicted octanol–water partition coefficient (Wildman–Crippen LogP) is 3.04. The molecular formula is C20H33N5O. The lowest BCUT2D eigenvalue weighted by molar-refractivity contribution is 0.108. The molecule has 2 aromatic rings. The zero-order valence-corrected chi connectivity index (χ0v) is 16.4. The molecule has 0 aliphatic heterocycles. The molecule has 0 saturated carbocycles. The van der Waals surface area contributed by atoms with Crippen molar-refractivity contribution in [1.29, 1.82) is 0 Å². The Morgan fingerprint density at radius 3 is 2.88 bits per heavy atom. The highest BCUT2D eigenvalue weighted by Crippen LogP contribution is 2.11. The fourth-order valence-electron chi connectivity index (χ4n) is 2.66. The second-order valence-corrected chi connectivity index (χ2v) is 6.79. The van der Waals surface area contributed by atoms with Gasteiger partial charge in [0.1, 0.15) is 0 Å². The summed E-state index contributed by atoms with van der Waals surface area (Å²) in [6, 6.07) is 8.23. The molecule has 6 nitrogen and oxygen atoms in total. The van der Waals surface area contributed by atoms with Gasteiger partial charge in [-0.1, -0.05) is 26.0 Å². The Labute approximate surface area is 157 Å². The van der Waals surface area contributed by atoms with E-state index in [2.05, 4.69) is 58.1 Å². The summed E-state index contributed by atoms with van der Waals surface area (Å²) in [5.74, 6) is 1.47. The van der Waals surface area contributed by atoms with Gasteiger partial charge in [-0.3, -0.25) is 4.99 Å². The Morgan fingerprint density at radius 1 is 1.23 bits per heavy atom. The molecule has 0 radical (unpaired) electrons. The van der Waals surface area contributed by atoms with Crippen LogP contribution in [0.1, 0.15) is 33.6 Å². The van der Waals surface area contributed by atoms with Crippen LogP contribution in [0.5, 0.6) is 0 Å². The number of hydrogen-bond acceptors (Lipinski definition) is 3. The predicted molar refractivity (Wildman–Crippen MR) is 109 cm³/mol. The van der Waals surface area contributed by atoms with Gasteiger partial charge in [0.25, 0.3) is 0 Å². The van der Waals surface area contributed by atoms with Crippen LogP contribution in [0.3, 0.4) is 0 Å². The van der Waals surface area contributed by atoms with Crippen molar-refractivity contribution in [3.8, 4) is 0 Å². The third-order valence-corrected chi connectivity index (χ3v) is 3.91. The van der Waals surface area contributed by atoms with Crippen LogP contribution in [0.25, 0.3) is 11.0 Å². The molecule has 0 aliphatic rings. The second-order valence-electron chi connectivity index (χ2n) is 6.79. The fraction of sp³-hybridized carbons (Fsp3) is 0.600. The van der Waals surface area contributed by atoms with Crippen LogP contribution in [0.15, 0.2) is 35.6 Å². The van der Waals surface area contributed by atoms with Crippen molar-refractivity contribution >= 4 is 17.0 Å². The van der Waals surface area contributed by atoms with Crippen LogP contribution in [0.2, 0.25) is 0 Å². The van der Waals surface area contributed by atoms with E-state index in [1.165, 1.54) is 5.52 Å². The average Bonchev–Trinajstić information content (AvgIpc) is 3.04. The van der Waals surface area contributed by atoms with Crippen molar-refractivity contribution in [2.45, 2.75) is 40.2 Å². The maximum atomic E-state index is 5.60. The largest absolute Gasteiger partial charge is 0.381 e. The van der Waals surface area contributed by atoms with Gasteiger partial charge in [0.2, 0.25) is 0 Å². The minimum atomic E-state index is 0.592. The van der Waals surface area contributed by atoms with E-state index in [9.17, 15) is 0 Å². The first-order chi connectivity index (χ1) is 12.7. The molecular weight excluding hydrogens is 326 g/mol. The molecule has 1 aromatic heterocycles. The highest BCUT2D eigenvalue weighted by atomic mass is 16.5. The monoisotopic (exact) mass is 359 g/mol. The van der Waals surface area contributed by atoms with Crippen LogP contribution in [0, 0.1) is 5.92 Å². The number of nitrogens with one attached hydrogen (secondary N) is 2. The zero-order chi connectivity index (χ0) is 18.6. The molecule has 0 spiro atoms. The number of aryl methyl sites for hydroxylation is 1. The summed E-state index contributed by atoms with van der Waals surface area (Å²) in [6.07, 6.45) is 3.88. The normalized spacial score (nSPS) is 12.1. The lowest BCUT2D eigenvalue weighted by Crippen LogP contribution is -2.38. The fourth-order valence-corrected chi connectivity index (χ4v) is 2.66. The topological polar surface area (TPSA) is 63.5 Å². The number of hydrogen-bond donors (Lipinski definition) is 2. The molecule has 26 heavy (non-hydrogen) atoms. The first-order valence-corrected chi connectivity index (χ1v) is 9.70. The summed E-state index contributed by atoms with van der Waals surface area (Å²) in [4.78, 5) is 9.09. The molecule has 1 heterocycles. The van der Waals surface area contributed by atoms with Gasteiger partial charge < -0.3 is 19.9 Å². The smallest absolute Gasteiger partial charge is 0.191 e. The van der Waals surface area contributed by atoms with E-state index >= 15 is 0 Å². The molecule has 1 aromatic carbocycles. The third kappa shape index (κ3) is 7.04. The lowest BCUT2D eigenvalue weighted by Gasteiger charge is -2.12. The Morgan fingerprint density at radius 2 is 2.08 bits per heavy atom. The Balaban J connectivity index is 1.69. The van der Waals surface area contributed by atoms with E-state index in [-0.39, 0.29) is 0 Å². The minimum absolute atomic E-state index is 0.592. The third-order valence-electron chi connectivity index (χ3n) is 3.91. The van der Waals surface area contributed by atoms with E-state index in [0.717, 1.165) is 63.7 Å². The highest BCUT2D eigenvalue weighted by molar-refractivity contribution is 5.79. The number of aromatic nitrogens is 2. The van der Waals surface area contributed by atoms with Gasteiger partial charge in [-0.2, -0.15) is 0 Å². The maximum Gasteiger partial charge on any atom is 0.191 e. The number of nitrogens with zero attached hydrogens (tertiary/aromatic N) is 3. The second kappa shape index (κ2) is 11.5. The van der Waals surface area contributed by atoms with Gasteiger partial charge in [0.15, 0.2) is 5.96 Å². The van der Waals surface area contributed by atoms with Gasteiger partial charge in [0, 0.05) is 39.4 Å². The first kappa shape index (κ1) is 20.2. The Bertz CT molecular complexity index is 665. The molecule has 2 rings (SSSR count). The average molecular weight is 360 g/mol. The molecule has 144 valence electrons. The van der Waals surface area contributed by atoms with Crippen molar-refractivity contribution in [1.82, 2.24) is 20.2 Å². The maximum absolute atomic E-state index is 5.60. The summed E-state index contributed by atoms with van der Waals surface area (Å²) in [7, 11) is 0. The van der Waals surface area contributed by atoms with E-state index in [1.54, 1.807) is 0 Å². The quantitative estimate of drug-likeness (QED) is 0.368. The summed E-state index contributed by atoms with van der Waals surface area (Å²) in [5.41, 5.74) is 2.23. The molecule has 0 saturated heterocycles. The number of ether oxygens (including phenoxy) is 1. The lowest BCUT2D eigenvalue weighted by atomic mass is 10.2. The van der Waals surface area contributed by atoms with Crippen molar-refractivity contribution < 1.29 is 4.74 Å². The molecule has 0 bridgehead atoms. The molecule has 0 atom stereocenters. The Hall–Kier alpha value is -2.08. The molecule has 2 N–H and O–H groups in total. The molecule has 0 amide bonds. The summed E-state index contributed by atoms with van der Waals surface area (Å²) < 4.78 is 7.79. The number of imidazole rings is 1. The van der Waals surface area contributed by atoms with Crippen LogP contribution >= 0.6 is 0 Å². The summed E-state index contributed by atoms with van der Waals surface area (Å²) >= 11 is 0. The van der Waals surface area contributed by atoms with Gasteiger partial charge >= 0.3 is 0 Å². The number of para-hydroxylation sites is 2. The highest BCUT2D eigenvalue weighted by Gasteiger charge is 2.01. The number of fused-ring (bicyclic) bond motifs is 1. The van der Waals surface area contributed by atoms with Crippen molar-refractivity contribution in [3.05, 3.63) is 30.6 Å². The number of guanidine groups is 1. The van der Waals surface area contributed by atoms with Gasteiger partial charge in [0.05, 0.1) is 17.4 Å². The number of rotatable bonds is 11. The standard InChI is InChI=1S/C20H33N5O/c1-4-21-20(23-12-8-14-26-15-17(2)3)22-11-7-13-25-16-24-18-9-5-6-10-19(18)25/h5-6,9-10,16-17H,4,7-8,11-15H2,1-3H3,(H2,21,22,23). The molecule has 0 unspecified atom stereocenters. The van der Waals surface area contributed by atoms with Crippen LogP contribution in [-0.2, 0) is 11.3 Å². The number of benzene rings is 1. The summed E-state index contributed by atoms with van der Waals surface area (Å²) in [5, 5.41) is 6.67. The molecule has 0 fully saturated rings. The van der Waals surface area contributed by atoms with E-state index in [1.807, 2.05) is 18.5 Å². The van der Waals surface area contributed by atoms with Crippen molar-refractivity contribution in [3.63, 3.8) is 0 Å². The van der Waals surface area contributed by atoms with E-state index < -0.39 is 0 Å². The number of aliphatic imine (C=N–C) groups is 1. The van der Waals surface area contributed by atoms with Crippen LogP contribution in [0.4, 0.5) is 0 Å². The van der Waals surface area contributed by atoms with Gasteiger partial charge in [-0.05, 0) is 37.8 Å². The zero-order valence-electron chi connectivity index (χ0n) is 16.4.